The number of methoxy groups -OCH3 is 1. The molecule has 144 valence electrons. The molecule has 10 nitrogen and oxygen atoms in total. The van der Waals surface area contributed by atoms with Gasteiger partial charge >= 0.3 is 5.69 Å². The SMILES string of the molecule is COc1ccc(-c2nn3c(-c4c(C)nc5ccccn45)nnc3s2)cc1[N+](=O)[O-]. The lowest BCUT2D eigenvalue weighted by atomic mass is 10.2. The molecule has 0 atom stereocenters. The summed E-state index contributed by atoms with van der Waals surface area (Å²) in [4.78, 5) is 16.0. The van der Waals surface area contributed by atoms with Crippen LogP contribution in [0.3, 0.4) is 0 Å². The van der Waals surface area contributed by atoms with Gasteiger partial charge in [0.2, 0.25) is 10.8 Å². The summed E-state index contributed by atoms with van der Waals surface area (Å²) in [5, 5.41) is 25.0. The van der Waals surface area contributed by atoms with E-state index in [1.807, 2.05) is 35.7 Å². The molecular weight excluding hydrogens is 394 g/mol. The van der Waals surface area contributed by atoms with Crippen LogP contribution in [-0.4, -0.2) is 41.2 Å². The molecule has 0 N–H and O–H groups in total. The molecule has 5 rings (SSSR count). The quantitative estimate of drug-likeness (QED) is 0.331. The molecule has 1 aromatic carbocycles. The van der Waals surface area contributed by atoms with Crippen molar-refractivity contribution in [3.8, 4) is 27.8 Å². The van der Waals surface area contributed by atoms with Crippen molar-refractivity contribution in [3.05, 3.63) is 58.4 Å². The fourth-order valence-electron chi connectivity index (χ4n) is 3.23. The third-order valence-corrected chi connectivity index (χ3v) is 5.48. The monoisotopic (exact) mass is 407 g/mol. The van der Waals surface area contributed by atoms with E-state index in [4.69, 9.17) is 4.74 Å². The van der Waals surface area contributed by atoms with Gasteiger partial charge in [-0.3, -0.25) is 14.5 Å². The van der Waals surface area contributed by atoms with Gasteiger partial charge < -0.3 is 4.74 Å². The Kier molecular flexibility index (Phi) is 3.77. The number of benzene rings is 1. The van der Waals surface area contributed by atoms with Crippen LogP contribution in [0.2, 0.25) is 0 Å². The highest BCUT2D eigenvalue weighted by atomic mass is 32.1. The predicted octanol–water partition coefficient (Wildman–Crippen LogP) is 3.39. The highest BCUT2D eigenvalue weighted by molar-refractivity contribution is 7.19. The van der Waals surface area contributed by atoms with Gasteiger partial charge in [0.05, 0.1) is 17.7 Å². The van der Waals surface area contributed by atoms with E-state index in [0.29, 0.717) is 21.4 Å². The van der Waals surface area contributed by atoms with Crippen molar-refractivity contribution in [1.82, 2.24) is 29.2 Å². The smallest absolute Gasteiger partial charge is 0.311 e. The lowest BCUT2D eigenvalue weighted by Gasteiger charge is -2.02. The minimum Gasteiger partial charge on any atom is -0.490 e. The van der Waals surface area contributed by atoms with Crippen LogP contribution in [0.15, 0.2) is 42.6 Å². The van der Waals surface area contributed by atoms with Gasteiger partial charge in [0.25, 0.3) is 0 Å². The zero-order valence-corrected chi connectivity index (χ0v) is 16.1. The van der Waals surface area contributed by atoms with Crippen molar-refractivity contribution in [2.45, 2.75) is 6.92 Å². The largest absolute Gasteiger partial charge is 0.490 e. The molecule has 0 aliphatic carbocycles. The standard InChI is InChI=1S/C18H13N7O3S/c1-10-15(23-8-4-3-5-14(23)19-10)16-20-21-18-24(16)22-17(29-18)11-6-7-13(28-2)12(9-11)25(26)27/h3-9H,1-2H3. The molecule has 0 aliphatic heterocycles. The summed E-state index contributed by atoms with van der Waals surface area (Å²) in [6, 6.07) is 10.5. The minimum absolute atomic E-state index is 0.117. The van der Waals surface area contributed by atoms with Gasteiger partial charge in [-0.2, -0.15) is 9.61 Å². The normalized spacial score (nSPS) is 11.4. The van der Waals surface area contributed by atoms with Gasteiger partial charge in [-0.05, 0) is 31.2 Å². The molecule has 0 unspecified atom stereocenters. The molecule has 0 radical (unpaired) electrons. The number of aromatic nitrogens is 6. The van der Waals surface area contributed by atoms with Crippen LogP contribution in [0, 0.1) is 17.0 Å². The molecule has 29 heavy (non-hydrogen) atoms. The first-order valence-electron chi connectivity index (χ1n) is 8.56. The van der Waals surface area contributed by atoms with Crippen LogP contribution in [0.25, 0.3) is 32.7 Å². The first-order chi connectivity index (χ1) is 14.1. The van der Waals surface area contributed by atoms with Crippen LogP contribution in [0.1, 0.15) is 5.69 Å². The van der Waals surface area contributed by atoms with Crippen molar-refractivity contribution in [2.75, 3.05) is 7.11 Å². The zero-order valence-electron chi connectivity index (χ0n) is 15.3. The molecule has 0 saturated heterocycles. The fraction of sp³-hybridized carbons (Fsp3) is 0.111. The minimum atomic E-state index is -0.476. The van der Waals surface area contributed by atoms with E-state index in [1.165, 1.54) is 24.5 Å². The summed E-state index contributed by atoms with van der Waals surface area (Å²) >= 11 is 1.30. The molecule has 4 aromatic heterocycles. The van der Waals surface area contributed by atoms with E-state index >= 15 is 0 Å². The van der Waals surface area contributed by atoms with Gasteiger partial charge in [-0.25, -0.2) is 4.98 Å². The van der Waals surface area contributed by atoms with Crippen LogP contribution in [0.5, 0.6) is 5.75 Å². The van der Waals surface area contributed by atoms with Gasteiger partial charge in [-0.15, -0.1) is 10.2 Å². The summed E-state index contributed by atoms with van der Waals surface area (Å²) < 4.78 is 8.64. The maximum absolute atomic E-state index is 11.3. The number of aryl methyl sites for hydroxylation is 1. The number of fused-ring (bicyclic) bond motifs is 2. The van der Waals surface area contributed by atoms with Crippen LogP contribution in [0.4, 0.5) is 5.69 Å². The lowest BCUT2D eigenvalue weighted by molar-refractivity contribution is -0.385. The van der Waals surface area contributed by atoms with Crippen molar-refractivity contribution in [1.29, 1.82) is 0 Å². The number of nitro groups is 1. The third kappa shape index (κ3) is 2.63. The van der Waals surface area contributed by atoms with Crippen LogP contribution < -0.4 is 4.74 Å². The molecule has 11 heteroatoms. The highest BCUT2D eigenvalue weighted by Gasteiger charge is 2.22. The first kappa shape index (κ1) is 17.3. The number of nitro benzene ring substituents is 1. The summed E-state index contributed by atoms with van der Waals surface area (Å²) in [6.45, 7) is 1.91. The van der Waals surface area contributed by atoms with Crippen LogP contribution >= 0.6 is 11.3 Å². The lowest BCUT2D eigenvalue weighted by Crippen LogP contribution is -1.97. The van der Waals surface area contributed by atoms with Gasteiger partial charge in [-0.1, -0.05) is 17.4 Å². The molecule has 0 saturated carbocycles. The maximum atomic E-state index is 11.3. The number of hydrogen-bond acceptors (Lipinski definition) is 8. The third-order valence-electron chi connectivity index (χ3n) is 4.53. The van der Waals surface area contributed by atoms with Gasteiger partial charge in [0.15, 0.2) is 5.75 Å². The summed E-state index contributed by atoms with van der Waals surface area (Å²) in [6.07, 6.45) is 1.91. The van der Waals surface area contributed by atoms with E-state index in [1.54, 1.807) is 16.6 Å². The Morgan fingerprint density at radius 1 is 1.21 bits per heavy atom. The number of hydrogen-bond donors (Lipinski definition) is 0. The van der Waals surface area contributed by atoms with E-state index in [9.17, 15) is 10.1 Å². The van der Waals surface area contributed by atoms with E-state index in [-0.39, 0.29) is 11.4 Å². The summed E-state index contributed by atoms with van der Waals surface area (Å²) in [5.74, 6) is 0.755. The van der Waals surface area contributed by atoms with Gasteiger partial charge in [0, 0.05) is 17.8 Å². The highest BCUT2D eigenvalue weighted by Crippen LogP contribution is 2.35. The number of rotatable bonds is 4. The Morgan fingerprint density at radius 3 is 2.86 bits per heavy atom. The second-order valence-corrected chi connectivity index (χ2v) is 7.20. The summed E-state index contributed by atoms with van der Waals surface area (Å²) in [7, 11) is 1.40. The van der Waals surface area contributed by atoms with Crippen molar-refractivity contribution in [3.63, 3.8) is 0 Å². The van der Waals surface area contributed by atoms with E-state index < -0.39 is 4.92 Å². The predicted molar refractivity (Wildman–Crippen MR) is 106 cm³/mol. The first-order valence-corrected chi connectivity index (χ1v) is 9.37. The Hall–Kier alpha value is -3.86. The van der Waals surface area contributed by atoms with E-state index in [2.05, 4.69) is 20.3 Å². The average Bonchev–Trinajstić information content (AvgIpc) is 3.39. The van der Waals surface area contributed by atoms with Crippen molar-refractivity contribution >= 4 is 27.6 Å². The second kappa shape index (κ2) is 6.34. The zero-order chi connectivity index (χ0) is 20.1. The topological polar surface area (TPSA) is 113 Å². The molecule has 0 bridgehead atoms. The molecular formula is C18H13N7O3S. The Bertz CT molecular complexity index is 1400. The molecule has 0 fully saturated rings. The number of nitrogens with zero attached hydrogens (tertiary/aromatic N) is 7. The molecule has 0 spiro atoms. The fourth-order valence-corrected chi connectivity index (χ4v) is 4.07. The number of ether oxygens (including phenoxy) is 1. The molecule has 0 aliphatic rings. The molecule has 5 aromatic rings. The van der Waals surface area contributed by atoms with Crippen LogP contribution in [-0.2, 0) is 0 Å². The molecule has 4 heterocycles. The van der Waals surface area contributed by atoms with Crippen molar-refractivity contribution < 1.29 is 9.66 Å². The molecule has 0 amide bonds. The van der Waals surface area contributed by atoms with E-state index in [0.717, 1.165) is 17.0 Å². The summed E-state index contributed by atoms with van der Waals surface area (Å²) in [5.41, 5.74) is 2.89. The average molecular weight is 407 g/mol. The Labute approximate surface area is 167 Å². The number of imidazole rings is 1. The Morgan fingerprint density at radius 2 is 2.07 bits per heavy atom. The maximum Gasteiger partial charge on any atom is 0.311 e. The Balaban J connectivity index is 1.67. The van der Waals surface area contributed by atoms with Gasteiger partial charge in [0.1, 0.15) is 16.3 Å². The number of pyridine rings is 1. The second-order valence-electron chi connectivity index (χ2n) is 6.24. The van der Waals surface area contributed by atoms with Crippen molar-refractivity contribution in [2.24, 2.45) is 0 Å².